The van der Waals surface area contributed by atoms with E-state index in [4.69, 9.17) is 0 Å². The van der Waals surface area contributed by atoms with E-state index in [-0.39, 0.29) is 18.3 Å². The number of fused-ring (bicyclic) bond motifs is 1. The largest absolute Gasteiger partial charge is 0.362 e. The number of benzene rings is 1. The third-order valence-corrected chi connectivity index (χ3v) is 3.33. The van der Waals surface area contributed by atoms with Gasteiger partial charge in [-0.1, -0.05) is 0 Å². The molecule has 0 unspecified atom stereocenters. The van der Waals surface area contributed by atoms with Gasteiger partial charge in [-0.25, -0.2) is 9.18 Å². The fourth-order valence-corrected chi connectivity index (χ4v) is 2.52. The highest BCUT2D eigenvalue weighted by Crippen LogP contribution is 2.27. The Morgan fingerprint density at radius 2 is 2.05 bits per heavy atom. The number of rotatable bonds is 2. The molecule has 0 saturated heterocycles. The summed E-state index contributed by atoms with van der Waals surface area (Å²) in [5.74, 6) is -0.645. The minimum absolute atomic E-state index is 0.0796. The molecule has 2 N–H and O–H groups in total. The lowest BCUT2D eigenvalue weighted by molar-refractivity contribution is -0.118. The smallest absolute Gasteiger partial charge is 0.321 e. The summed E-state index contributed by atoms with van der Waals surface area (Å²) < 4.78 is 13.3. The monoisotopic (exact) mass is 307 g/mol. The maximum absolute atomic E-state index is 13.3. The Hall–Kier alpha value is -2.11. The van der Waals surface area contributed by atoms with E-state index in [1.165, 1.54) is 12.1 Å². The van der Waals surface area contributed by atoms with Crippen LogP contribution < -0.4 is 15.5 Å². The predicted molar refractivity (Wildman–Crippen MR) is 83.4 cm³/mol. The first kappa shape index (κ1) is 16.3. The van der Waals surface area contributed by atoms with Gasteiger partial charge in [-0.2, -0.15) is 0 Å². The summed E-state index contributed by atoms with van der Waals surface area (Å²) in [4.78, 5) is 25.6. The molecule has 0 aliphatic carbocycles. The van der Waals surface area contributed by atoms with E-state index >= 15 is 0 Å². The highest BCUT2D eigenvalue weighted by molar-refractivity contribution is 5.96. The molecule has 0 bridgehead atoms. The number of aryl methyl sites for hydroxylation is 1. The van der Waals surface area contributed by atoms with Crippen molar-refractivity contribution in [2.24, 2.45) is 0 Å². The zero-order chi connectivity index (χ0) is 16.3. The van der Waals surface area contributed by atoms with Crippen molar-refractivity contribution in [1.82, 2.24) is 10.6 Å². The molecule has 0 aromatic heterocycles. The van der Waals surface area contributed by atoms with Gasteiger partial charge in [0.25, 0.3) is 0 Å². The van der Waals surface area contributed by atoms with Crippen molar-refractivity contribution >= 4 is 17.6 Å². The van der Waals surface area contributed by atoms with Crippen LogP contribution in [0.4, 0.5) is 14.9 Å². The van der Waals surface area contributed by atoms with Gasteiger partial charge < -0.3 is 10.2 Å². The van der Waals surface area contributed by atoms with E-state index in [1.54, 1.807) is 6.07 Å². The first-order chi connectivity index (χ1) is 10.2. The van der Waals surface area contributed by atoms with Gasteiger partial charge in [0.2, 0.25) is 5.91 Å². The summed E-state index contributed by atoms with van der Waals surface area (Å²) in [5, 5.41) is 5.00. The Morgan fingerprint density at radius 1 is 1.32 bits per heavy atom. The Labute approximate surface area is 129 Å². The van der Waals surface area contributed by atoms with E-state index in [0.717, 1.165) is 24.1 Å². The quantitative estimate of drug-likeness (QED) is 0.880. The Kier molecular flexibility index (Phi) is 4.68. The topological polar surface area (TPSA) is 61.4 Å². The first-order valence-electron chi connectivity index (χ1n) is 7.40. The average molecular weight is 307 g/mol. The van der Waals surface area contributed by atoms with Crippen LogP contribution in [0.15, 0.2) is 18.2 Å². The summed E-state index contributed by atoms with van der Waals surface area (Å²) in [6.45, 7) is 6.31. The lowest BCUT2D eigenvalue weighted by Crippen LogP contribution is -2.50. The SMILES string of the molecule is CC(C)(C)NC(=O)NC(=O)CN1CCCc2cc(F)ccc21. The molecule has 1 heterocycles. The second-order valence-electron chi connectivity index (χ2n) is 6.55. The zero-order valence-corrected chi connectivity index (χ0v) is 13.2. The summed E-state index contributed by atoms with van der Waals surface area (Å²) in [7, 11) is 0. The number of hydrogen-bond donors (Lipinski definition) is 2. The summed E-state index contributed by atoms with van der Waals surface area (Å²) >= 11 is 0. The minimum Gasteiger partial charge on any atom is -0.362 e. The number of nitrogens with one attached hydrogen (secondary N) is 2. The first-order valence-corrected chi connectivity index (χ1v) is 7.40. The number of amides is 3. The third-order valence-electron chi connectivity index (χ3n) is 3.33. The van der Waals surface area contributed by atoms with Gasteiger partial charge in [0.05, 0.1) is 6.54 Å². The molecule has 0 saturated carbocycles. The van der Waals surface area contributed by atoms with Crippen LogP contribution in [0.3, 0.4) is 0 Å². The zero-order valence-electron chi connectivity index (χ0n) is 13.2. The maximum Gasteiger partial charge on any atom is 0.321 e. The van der Waals surface area contributed by atoms with Gasteiger partial charge in [0.1, 0.15) is 5.82 Å². The Bertz CT molecular complexity index is 581. The molecule has 0 atom stereocenters. The van der Waals surface area contributed by atoms with Gasteiger partial charge in [0.15, 0.2) is 0 Å². The molecule has 1 aromatic rings. The van der Waals surface area contributed by atoms with Crippen molar-refractivity contribution in [2.75, 3.05) is 18.0 Å². The molecule has 0 fully saturated rings. The Balaban J connectivity index is 1.97. The van der Waals surface area contributed by atoms with Crippen molar-refractivity contribution < 1.29 is 14.0 Å². The standard InChI is InChI=1S/C16H22FN3O2/c1-16(2,3)19-15(22)18-14(21)10-20-8-4-5-11-9-12(17)6-7-13(11)20/h6-7,9H,4-5,8,10H2,1-3H3,(H2,18,19,21,22). The van der Waals surface area contributed by atoms with Crippen LogP contribution in [-0.4, -0.2) is 30.6 Å². The average Bonchev–Trinajstić information content (AvgIpc) is 2.35. The molecule has 2 rings (SSSR count). The molecule has 1 aliphatic rings. The molecule has 1 aliphatic heterocycles. The molecule has 120 valence electrons. The van der Waals surface area contributed by atoms with Crippen molar-refractivity contribution in [3.63, 3.8) is 0 Å². The third kappa shape index (κ3) is 4.44. The van der Waals surface area contributed by atoms with Crippen LogP contribution in [0.25, 0.3) is 0 Å². The maximum atomic E-state index is 13.3. The van der Waals surface area contributed by atoms with Crippen molar-refractivity contribution in [2.45, 2.75) is 39.2 Å². The fraction of sp³-hybridized carbons (Fsp3) is 0.500. The second kappa shape index (κ2) is 6.34. The lowest BCUT2D eigenvalue weighted by Gasteiger charge is -2.30. The number of hydrogen-bond acceptors (Lipinski definition) is 3. The van der Waals surface area contributed by atoms with Gasteiger partial charge in [-0.15, -0.1) is 0 Å². The minimum atomic E-state index is -0.506. The summed E-state index contributed by atoms with van der Waals surface area (Å²) in [5.41, 5.74) is 1.36. The van der Waals surface area contributed by atoms with E-state index < -0.39 is 11.6 Å². The number of imide groups is 1. The molecule has 3 amide bonds. The van der Waals surface area contributed by atoms with Crippen molar-refractivity contribution in [3.8, 4) is 0 Å². The van der Waals surface area contributed by atoms with Crippen LogP contribution >= 0.6 is 0 Å². The van der Waals surface area contributed by atoms with Gasteiger partial charge in [-0.3, -0.25) is 10.1 Å². The number of carbonyl (C=O) groups is 2. The van der Waals surface area contributed by atoms with E-state index in [0.29, 0.717) is 6.54 Å². The molecule has 0 spiro atoms. The predicted octanol–water partition coefficient (Wildman–Crippen LogP) is 2.20. The molecule has 0 radical (unpaired) electrons. The number of nitrogens with zero attached hydrogens (tertiary/aromatic N) is 1. The summed E-state index contributed by atoms with van der Waals surface area (Å²) in [6, 6.07) is 4.08. The van der Waals surface area contributed by atoms with Crippen molar-refractivity contribution in [1.29, 1.82) is 0 Å². The molecule has 6 heteroatoms. The number of halogens is 1. The van der Waals surface area contributed by atoms with E-state index in [2.05, 4.69) is 10.6 Å². The van der Waals surface area contributed by atoms with Crippen LogP contribution in [-0.2, 0) is 11.2 Å². The van der Waals surface area contributed by atoms with E-state index in [1.807, 2.05) is 25.7 Å². The van der Waals surface area contributed by atoms with Crippen molar-refractivity contribution in [3.05, 3.63) is 29.6 Å². The molecular formula is C16H22FN3O2. The second-order valence-corrected chi connectivity index (χ2v) is 6.55. The van der Waals surface area contributed by atoms with Crippen LogP contribution in [0.5, 0.6) is 0 Å². The van der Waals surface area contributed by atoms with Crippen LogP contribution in [0.1, 0.15) is 32.8 Å². The number of urea groups is 1. The molecular weight excluding hydrogens is 285 g/mol. The van der Waals surface area contributed by atoms with Gasteiger partial charge in [0, 0.05) is 17.8 Å². The number of anilines is 1. The van der Waals surface area contributed by atoms with E-state index in [9.17, 15) is 14.0 Å². The lowest BCUT2D eigenvalue weighted by atomic mass is 10.0. The fourth-order valence-electron chi connectivity index (χ4n) is 2.52. The number of carbonyl (C=O) groups excluding carboxylic acids is 2. The highest BCUT2D eigenvalue weighted by Gasteiger charge is 2.21. The Morgan fingerprint density at radius 3 is 2.73 bits per heavy atom. The summed E-state index contributed by atoms with van der Waals surface area (Å²) in [6.07, 6.45) is 1.66. The van der Waals surface area contributed by atoms with Crippen LogP contribution in [0, 0.1) is 5.82 Å². The van der Waals surface area contributed by atoms with Crippen LogP contribution in [0.2, 0.25) is 0 Å². The molecule has 1 aromatic carbocycles. The highest BCUT2D eigenvalue weighted by atomic mass is 19.1. The van der Waals surface area contributed by atoms with Gasteiger partial charge in [-0.05, 0) is 57.4 Å². The van der Waals surface area contributed by atoms with Gasteiger partial charge >= 0.3 is 6.03 Å². The normalized spacial score (nSPS) is 14.3. The molecule has 22 heavy (non-hydrogen) atoms. The molecule has 5 nitrogen and oxygen atoms in total.